The second kappa shape index (κ2) is 9.85. The van der Waals surface area contributed by atoms with E-state index in [1.165, 1.54) is 12.1 Å². The molecule has 0 radical (unpaired) electrons. The van der Waals surface area contributed by atoms with Crippen molar-refractivity contribution in [3.8, 4) is 0 Å². The van der Waals surface area contributed by atoms with Gasteiger partial charge in [-0.3, -0.25) is 9.59 Å². The van der Waals surface area contributed by atoms with Crippen molar-refractivity contribution in [2.24, 2.45) is 0 Å². The lowest BCUT2D eigenvalue weighted by molar-refractivity contribution is -0.121. The molecule has 2 amide bonds. The molecule has 1 fully saturated rings. The van der Waals surface area contributed by atoms with Crippen LogP contribution in [0.1, 0.15) is 29.6 Å². The van der Waals surface area contributed by atoms with Gasteiger partial charge < -0.3 is 16.0 Å². The largest absolute Gasteiger partial charge is 0.352 e. The van der Waals surface area contributed by atoms with Crippen LogP contribution in [-0.2, 0) is 4.79 Å². The Balaban J connectivity index is 0.00000264. The van der Waals surface area contributed by atoms with E-state index in [-0.39, 0.29) is 42.9 Å². The summed E-state index contributed by atoms with van der Waals surface area (Å²) in [7, 11) is 0. The molecule has 5 nitrogen and oxygen atoms in total. The van der Waals surface area contributed by atoms with Gasteiger partial charge in [-0.05, 0) is 53.5 Å². The first-order valence-corrected chi connectivity index (χ1v) is 8.09. The van der Waals surface area contributed by atoms with Crippen molar-refractivity contribution >= 4 is 40.2 Å². The molecule has 0 spiro atoms. The van der Waals surface area contributed by atoms with Gasteiger partial charge in [0, 0.05) is 30.0 Å². The van der Waals surface area contributed by atoms with E-state index in [1.807, 2.05) is 0 Å². The Morgan fingerprint density at radius 2 is 2.17 bits per heavy atom. The molecule has 0 bridgehead atoms. The number of piperidine rings is 1. The van der Waals surface area contributed by atoms with E-state index >= 15 is 0 Å². The molecule has 0 aromatic heterocycles. The van der Waals surface area contributed by atoms with Crippen molar-refractivity contribution in [2.75, 3.05) is 19.6 Å². The van der Waals surface area contributed by atoms with Crippen LogP contribution in [0.25, 0.3) is 0 Å². The minimum atomic E-state index is -0.476. The van der Waals surface area contributed by atoms with E-state index in [9.17, 15) is 14.0 Å². The number of halogens is 3. The fourth-order valence-electron chi connectivity index (χ4n) is 2.33. The molecular weight excluding hydrogens is 389 g/mol. The standard InChI is InChI=1S/C15H19BrFN3O2.ClH/c16-13-4-3-10(17)8-12(13)15(22)19-7-5-14(21)20-11-2-1-6-18-9-11;/h3-4,8,11,18H,1-2,5-7,9H2,(H,19,22)(H,20,21);1H/t11-;/m0./s1. The highest BCUT2D eigenvalue weighted by molar-refractivity contribution is 9.10. The van der Waals surface area contributed by atoms with Gasteiger partial charge in [0.15, 0.2) is 0 Å². The molecule has 1 atom stereocenters. The predicted octanol–water partition coefficient (Wildman–Crippen LogP) is 2.00. The van der Waals surface area contributed by atoms with Crippen LogP contribution in [0.5, 0.6) is 0 Å². The van der Waals surface area contributed by atoms with Gasteiger partial charge in [-0.15, -0.1) is 12.4 Å². The van der Waals surface area contributed by atoms with Crippen molar-refractivity contribution in [2.45, 2.75) is 25.3 Å². The Bertz CT molecular complexity index is 554. The Hall–Kier alpha value is -1.18. The third-order valence-electron chi connectivity index (χ3n) is 3.47. The third kappa shape index (κ3) is 6.45. The lowest BCUT2D eigenvalue weighted by Crippen LogP contribution is -2.46. The van der Waals surface area contributed by atoms with Gasteiger partial charge >= 0.3 is 0 Å². The van der Waals surface area contributed by atoms with E-state index in [1.54, 1.807) is 0 Å². The number of benzene rings is 1. The fraction of sp³-hybridized carbons (Fsp3) is 0.467. The molecule has 2 rings (SSSR count). The number of amides is 2. The second-order valence-corrected chi connectivity index (χ2v) is 6.10. The number of rotatable bonds is 5. The van der Waals surface area contributed by atoms with Gasteiger partial charge in [-0.1, -0.05) is 0 Å². The van der Waals surface area contributed by atoms with E-state index in [2.05, 4.69) is 31.9 Å². The molecular formula is C15H20BrClFN3O2. The average Bonchev–Trinajstić information content (AvgIpc) is 2.50. The van der Waals surface area contributed by atoms with Crippen LogP contribution in [0.4, 0.5) is 4.39 Å². The number of nitrogens with one attached hydrogen (secondary N) is 3. The molecule has 3 N–H and O–H groups in total. The Labute approximate surface area is 149 Å². The van der Waals surface area contributed by atoms with E-state index in [4.69, 9.17) is 0 Å². The highest BCUT2D eigenvalue weighted by atomic mass is 79.9. The summed E-state index contributed by atoms with van der Waals surface area (Å²) in [6.07, 6.45) is 2.23. The number of hydrogen-bond donors (Lipinski definition) is 3. The van der Waals surface area contributed by atoms with Crippen molar-refractivity contribution in [3.05, 3.63) is 34.1 Å². The van der Waals surface area contributed by atoms with Crippen LogP contribution >= 0.6 is 28.3 Å². The maximum absolute atomic E-state index is 13.1. The summed E-state index contributed by atoms with van der Waals surface area (Å²) in [5.74, 6) is -0.971. The summed E-state index contributed by atoms with van der Waals surface area (Å²) in [5, 5.41) is 8.78. The summed E-state index contributed by atoms with van der Waals surface area (Å²) < 4.78 is 13.7. The van der Waals surface area contributed by atoms with Gasteiger partial charge in [0.25, 0.3) is 5.91 Å². The van der Waals surface area contributed by atoms with Crippen LogP contribution in [0.2, 0.25) is 0 Å². The minimum absolute atomic E-state index is 0. The van der Waals surface area contributed by atoms with Crippen LogP contribution in [0.15, 0.2) is 22.7 Å². The van der Waals surface area contributed by atoms with Gasteiger partial charge in [-0.2, -0.15) is 0 Å². The first kappa shape index (κ1) is 19.9. The monoisotopic (exact) mass is 407 g/mol. The van der Waals surface area contributed by atoms with Crippen LogP contribution in [0.3, 0.4) is 0 Å². The molecule has 1 aromatic carbocycles. The van der Waals surface area contributed by atoms with Gasteiger partial charge in [-0.25, -0.2) is 4.39 Å². The van der Waals surface area contributed by atoms with Gasteiger partial charge in [0.05, 0.1) is 5.56 Å². The molecule has 8 heteroatoms. The van der Waals surface area contributed by atoms with Crippen molar-refractivity contribution in [1.29, 1.82) is 0 Å². The van der Waals surface area contributed by atoms with Crippen LogP contribution in [-0.4, -0.2) is 37.5 Å². The first-order chi connectivity index (χ1) is 10.6. The molecule has 0 aliphatic carbocycles. The molecule has 23 heavy (non-hydrogen) atoms. The zero-order valence-electron chi connectivity index (χ0n) is 12.5. The highest BCUT2D eigenvalue weighted by Gasteiger charge is 2.16. The summed E-state index contributed by atoms with van der Waals surface area (Å²) >= 11 is 3.20. The molecule has 1 aliphatic rings. The van der Waals surface area contributed by atoms with Crippen molar-refractivity contribution < 1.29 is 14.0 Å². The molecule has 1 aliphatic heterocycles. The van der Waals surface area contributed by atoms with E-state index in [0.29, 0.717) is 4.47 Å². The zero-order valence-corrected chi connectivity index (χ0v) is 14.9. The highest BCUT2D eigenvalue weighted by Crippen LogP contribution is 2.17. The molecule has 1 saturated heterocycles. The maximum atomic E-state index is 13.1. The molecule has 1 heterocycles. The second-order valence-electron chi connectivity index (χ2n) is 5.24. The van der Waals surface area contributed by atoms with Gasteiger partial charge in [0.1, 0.15) is 5.82 Å². The van der Waals surface area contributed by atoms with Gasteiger partial charge in [0.2, 0.25) is 5.91 Å². The van der Waals surface area contributed by atoms with Crippen molar-refractivity contribution in [1.82, 2.24) is 16.0 Å². The summed E-state index contributed by atoms with van der Waals surface area (Å²) in [6, 6.07) is 4.07. The van der Waals surface area contributed by atoms with E-state index < -0.39 is 11.7 Å². The number of hydrogen-bond acceptors (Lipinski definition) is 3. The SMILES string of the molecule is Cl.O=C(CCNC(=O)c1cc(F)ccc1Br)N[C@H]1CCCNC1. The molecule has 0 unspecified atom stereocenters. The quantitative estimate of drug-likeness (QED) is 0.698. The summed E-state index contributed by atoms with van der Waals surface area (Å²) in [6.45, 7) is 1.99. The number of carbonyl (C=O) groups excluding carboxylic acids is 2. The molecule has 1 aromatic rings. The first-order valence-electron chi connectivity index (χ1n) is 7.29. The van der Waals surface area contributed by atoms with Crippen LogP contribution < -0.4 is 16.0 Å². The predicted molar refractivity (Wildman–Crippen MR) is 92.3 cm³/mol. The lowest BCUT2D eigenvalue weighted by atomic mass is 10.1. The average molecular weight is 409 g/mol. The topological polar surface area (TPSA) is 70.2 Å². The summed E-state index contributed by atoms with van der Waals surface area (Å²) in [5.41, 5.74) is 0.219. The maximum Gasteiger partial charge on any atom is 0.252 e. The lowest BCUT2D eigenvalue weighted by Gasteiger charge is -2.23. The molecule has 0 saturated carbocycles. The normalized spacial score (nSPS) is 17.0. The van der Waals surface area contributed by atoms with E-state index in [0.717, 1.165) is 32.0 Å². The summed E-state index contributed by atoms with van der Waals surface area (Å²) in [4.78, 5) is 23.7. The Morgan fingerprint density at radius 3 is 2.87 bits per heavy atom. The Morgan fingerprint density at radius 1 is 1.39 bits per heavy atom. The Kier molecular flexibility index (Phi) is 8.51. The third-order valence-corrected chi connectivity index (χ3v) is 4.16. The number of carbonyl (C=O) groups is 2. The van der Waals surface area contributed by atoms with Crippen molar-refractivity contribution in [3.63, 3.8) is 0 Å². The zero-order chi connectivity index (χ0) is 15.9. The molecule has 128 valence electrons. The minimum Gasteiger partial charge on any atom is -0.352 e. The smallest absolute Gasteiger partial charge is 0.252 e. The fourth-order valence-corrected chi connectivity index (χ4v) is 2.76. The van der Waals surface area contributed by atoms with Crippen LogP contribution in [0, 0.1) is 5.82 Å².